The summed E-state index contributed by atoms with van der Waals surface area (Å²) >= 11 is 0. The van der Waals surface area contributed by atoms with Crippen molar-refractivity contribution in [3.63, 3.8) is 0 Å². The van der Waals surface area contributed by atoms with Crippen molar-refractivity contribution in [2.75, 3.05) is 23.3 Å². The number of hydrogen-bond acceptors (Lipinski definition) is 5. The van der Waals surface area contributed by atoms with Crippen molar-refractivity contribution in [3.05, 3.63) is 30.4 Å². The molecule has 3 heterocycles. The molecule has 134 valence electrons. The maximum Gasteiger partial charge on any atom is 0.319 e. The van der Waals surface area contributed by atoms with Gasteiger partial charge >= 0.3 is 6.03 Å². The molecule has 3 rings (SSSR count). The molecule has 0 aromatic carbocycles. The molecule has 2 aromatic rings. The number of carbonyl (C=O) groups is 1. The molecule has 0 bridgehead atoms. The molecule has 1 aliphatic rings. The zero-order valence-electron chi connectivity index (χ0n) is 14.9. The highest BCUT2D eigenvalue weighted by Crippen LogP contribution is 2.22. The second-order valence-electron chi connectivity index (χ2n) is 6.69. The van der Waals surface area contributed by atoms with Crippen LogP contribution in [0.15, 0.2) is 24.7 Å². The summed E-state index contributed by atoms with van der Waals surface area (Å²) in [5, 5.41) is 10.4. The lowest BCUT2D eigenvalue weighted by molar-refractivity contribution is 0.246. The van der Waals surface area contributed by atoms with Gasteiger partial charge in [0, 0.05) is 44.8 Å². The number of amides is 2. The van der Waals surface area contributed by atoms with Gasteiger partial charge in [0.25, 0.3) is 0 Å². The van der Waals surface area contributed by atoms with Gasteiger partial charge in [0.2, 0.25) is 5.95 Å². The Labute approximate surface area is 147 Å². The lowest BCUT2D eigenvalue weighted by Gasteiger charge is -2.33. The van der Waals surface area contributed by atoms with Gasteiger partial charge in [0.15, 0.2) is 0 Å². The average molecular weight is 343 g/mol. The first-order chi connectivity index (χ1) is 12.0. The highest BCUT2D eigenvalue weighted by atomic mass is 16.2. The van der Waals surface area contributed by atoms with Crippen molar-refractivity contribution in [2.45, 2.75) is 38.6 Å². The van der Waals surface area contributed by atoms with E-state index in [2.05, 4.69) is 44.4 Å². The molecule has 1 saturated heterocycles. The predicted molar refractivity (Wildman–Crippen MR) is 96.7 cm³/mol. The molecule has 1 aliphatic heterocycles. The summed E-state index contributed by atoms with van der Waals surface area (Å²) < 4.78 is 1.72. The number of rotatable bonds is 4. The molecule has 2 aromatic heterocycles. The van der Waals surface area contributed by atoms with Crippen LogP contribution in [0, 0.1) is 0 Å². The normalized spacial score (nSPS) is 17.6. The second-order valence-corrected chi connectivity index (χ2v) is 6.69. The van der Waals surface area contributed by atoms with E-state index in [9.17, 15) is 4.79 Å². The molecule has 0 unspecified atom stereocenters. The molecule has 0 aliphatic carbocycles. The molecule has 8 nitrogen and oxygen atoms in total. The summed E-state index contributed by atoms with van der Waals surface area (Å²) in [6.45, 7) is 5.74. The molecule has 0 saturated carbocycles. The summed E-state index contributed by atoms with van der Waals surface area (Å²) in [6, 6.07) is 1.67. The van der Waals surface area contributed by atoms with E-state index < -0.39 is 0 Å². The van der Waals surface area contributed by atoms with E-state index in [0.717, 1.165) is 30.8 Å². The fourth-order valence-electron chi connectivity index (χ4n) is 3.10. The predicted octanol–water partition coefficient (Wildman–Crippen LogP) is 2.12. The third kappa shape index (κ3) is 4.26. The van der Waals surface area contributed by atoms with Crippen molar-refractivity contribution in [1.29, 1.82) is 0 Å². The van der Waals surface area contributed by atoms with Crippen molar-refractivity contribution in [2.24, 2.45) is 7.05 Å². The molecule has 1 fully saturated rings. The van der Waals surface area contributed by atoms with Gasteiger partial charge in [-0.25, -0.2) is 14.8 Å². The molecule has 1 atom stereocenters. The van der Waals surface area contributed by atoms with Crippen molar-refractivity contribution in [1.82, 2.24) is 25.1 Å². The van der Waals surface area contributed by atoms with Crippen LogP contribution in [-0.2, 0) is 7.05 Å². The van der Waals surface area contributed by atoms with E-state index in [1.165, 1.54) is 0 Å². The molecule has 25 heavy (non-hydrogen) atoms. The Morgan fingerprint density at radius 1 is 1.32 bits per heavy atom. The van der Waals surface area contributed by atoms with Gasteiger partial charge in [-0.3, -0.25) is 4.68 Å². The zero-order chi connectivity index (χ0) is 17.8. The second kappa shape index (κ2) is 7.50. The number of nitrogens with zero attached hydrogens (tertiary/aromatic N) is 5. The van der Waals surface area contributed by atoms with E-state index in [4.69, 9.17) is 0 Å². The highest BCUT2D eigenvalue weighted by molar-refractivity contribution is 5.90. The van der Waals surface area contributed by atoms with E-state index in [1.807, 2.05) is 13.2 Å². The fourth-order valence-corrected chi connectivity index (χ4v) is 3.10. The monoisotopic (exact) mass is 343 g/mol. The van der Waals surface area contributed by atoms with Crippen LogP contribution >= 0.6 is 0 Å². The van der Waals surface area contributed by atoms with Gasteiger partial charge in [-0.2, -0.15) is 5.10 Å². The van der Waals surface area contributed by atoms with E-state index in [-0.39, 0.29) is 18.0 Å². The van der Waals surface area contributed by atoms with Crippen molar-refractivity contribution in [3.8, 4) is 0 Å². The van der Waals surface area contributed by atoms with Crippen LogP contribution in [0.1, 0.15) is 38.3 Å². The van der Waals surface area contributed by atoms with Crippen molar-refractivity contribution < 1.29 is 4.79 Å². The van der Waals surface area contributed by atoms with Crippen LogP contribution in [0.5, 0.6) is 0 Å². The first-order valence-electron chi connectivity index (χ1n) is 8.66. The summed E-state index contributed by atoms with van der Waals surface area (Å²) in [7, 11) is 1.85. The molecule has 0 radical (unpaired) electrons. The summed E-state index contributed by atoms with van der Waals surface area (Å²) in [6.07, 6.45) is 7.25. The zero-order valence-corrected chi connectivity index (χ0v) is 14.9. The Kier molecular flexibility index (Phi) is 5.16. The van der Waals surface area contributed by atoms with Crippen LogP contribution in [0.25, 0.3) is 0 Å². The first-order valence-corrected chi connectivity index (χ1v) is 8.66. The SMILES string of the molecule is CC(C)c1nn(C)cc1NC(=O)N[C@H]1CCCN(c2ncccn2)C1. The Balaban J connectivity index is 1.59. The van der Waals surface area contributed by atoms with Gasteiger partial charge in [0.05, 0.1) is 11.4 Å². The number of urea groups is 1. The van der Waals surface area contributed by atoms with Crippen LogP contribution in [-0.4, -0.2) is 44.9 Å². The number of hydrogen-bond donors (Lipinski definition) is 2. The number of carbonyl (C=O) groups excluding carboxylic acids is 1. The van der Waals surface area contributed by atoms with Crippen molar-refractivity contribution >= 4 is 17.7 Å². The smallest absolute Gasteiger partial charge is 0.319 e. The molecule has 0 spiro atoms. The van der Waals surface area contributed by atoms with E-state index >= 15 is 0 Å². The average Bonchev–Trinajstić information content (AvgIpc) is 2.96. The first kappa shape index (κ1) is 17.2. The fraction of sp³-hybridized carbons (Fsp3) is 0.529. The number of aromatic nitrogens is 4. The maximum atomic E-state index is 12.4. The van der Waals surface area contributed by atoms with Gasteiger partial charge in [-0.15, -0.1) is 0 Å². The number of nitrogens with one attached hydrogen (secondary N) is 2. The molecule has 2 amide bonds. The number of piperidine rings is 1. The minimum absolute atomic E-state index is 0.0664. The number of anilines is 2. The standard InChI is InChI=1S/C17H25N7O/c1-12(2)15-14(11-23(3)22-15)21-17(25)20-13-6-4-9-24(10-13)16-18-7-5-8-19-16/h5,7-8,11-13H,4,6,9-10H2,1-3H3,(H2,20,21,25)/t13-/m0/s1. The summed E-state index contributed by atoms with van der Waals surface area (Å²) in [5.74, 6) is 0.959. The Morgan fingerprint density at radius 2 is 2.08 bits per heavy atom. The highest BCUT2D eigenvalue weighted by Gasteiger charge is 2.23. The third-order valence-electron chi connectivity index (χ3n) is 4.24. The Bertz CT molecular complexity index is 713. The Morgan fingerprint density at radius 3 is 2.80 bits per heavy atom. The maximum absolute atomic E-state index is 12.4. The minimum Gasteiger partial charge on any atom is -0.339 e. The summed E-state index contributed by atoms with van der Waals surface area (Å²) in [5.41, 5.74) is 1.65. The third-order valence-corrected chi connectivity index (χ3v) is 4.24. The quantitative estimate of drug-likeness (QED) is 0.888. The van der Waals surface area contributed by atoms with Crippen LogP contribution < -0.4 is 15.5 Å². The van der Waals surface area contributed by atoms with Crippen LogP contribution in [0.4, 0.5) is 16.4 Å². The van der Waals surface area contributed by atoms with Crippen LogP contribution in [0.2, 0.25) is 0 Å². The van der Waals surface area contributed by atoms with Crippen LogP contribution in [0.3, 0.4) is 0 Å². The molecular formula is C17H25N7O. The van der Waals surface area contributed by atoms with E-state index in [0.29, 0.717) is 12.5 Å². The largest absolute Gasteiger partial charge is 0.339 e. The van der Waals surface area contributed by atoms with Gasteiger partial charge in [0.1, 0.15) is 0 Å². The topological polar surface area (TPSA) is 88.0 Å². The lowest BCUT2D eigenvalue weighted by atomic mass is 10.1. The Hall–Kier alpha value is -2.64. The lowest BCUT2D eigenvalue weighted by Crippen LogP contribution is -2.49. The molecular weight excluding hydrogens is 318 g/mol. The van der Waals surface area contributed by atoms with E-state index in [1.54, 1.807) is 23.1 Å². The minimum atomic E-state index is -0.198. The van der Waals surface area contributed by atoms with Gasteiger partial charge < -0.3 is 15.5 Å². The van der Waals surface area contributed by atoms with Gasteiger partial charge in [-0.1, -0.05) is 13.8 Å². The molecule has 2 N–H and O–H groups in total. The summed E-state index contributed by atoms with van der Waals surface area (Å²) in [4.78, 5) is 23.1. The number of aryl methyl sites for hydroxylation is 1. The molecule has 8 heteroatoms. The van der Waals surface area contributed by atoms with Gasteiger partial charge in [-0.05, 0) is 24.8 Å².